The predicted molar refractivity (Wildman–Crippen MR) is 301 cm³/mol. The van der Waals surface area contributed by atoms with Crippen LogP contribution in [0.25, 0.3) is 0 Å². The lowest BCUT2D eigenvalue weighted by atomic mass is 10.0. The molecule has 0 spiro atoms. The van der Waals surface area contributed by atoms with Crippen LogP contribution in [0.5, 0.6) is 0 Å². The lowest BCUT2D eigenvalue weighted by Gasteiger charge is -2.20. The number of carbonyl (C=O) groups excluding carboxylic acids is 2. The molecule has 3 N–H and O–H groups in total. The highest BCUT2D eigenvalue weighted by Gasteiger charge is 2.18. The number of aliphatic hydroxyl groups is 2. The molecule has 0 saturated heterocycles. The maximum absolute atomic E-state index is 12.5. The number of hydrogen-bond acceptors (Lipinski definition) is 5. The topological polar surface area (TPSA) is 95.9 Å². The molecule has 2 atom stereocenters. The zero-order chi connectivity index (χ0) is 50.0. The summed E-state index contributed by atoms with van der Waals surface area (Å²) in [7, 11) is 0. The van der Waals surface area contributed by atoms with E-state index in [1.165, 1.54) is 257 Å². The number of allylic oxidation sites excluding steroid dienone is 3. The van der Waals surface area contributed by atoms with E-state index in [2.05, 4.69) is 31.3 Å². The van der Waals surface area contributed by atoms with Gasteiger partial charge in [0, 0.05) is 12.8 Å². The number of aliphatic hydroxyl groups excluding tert-OH is 2. The van der Waals surface area contributed by atoms with Crippen molar-refractivity contribution in [2.24, 2.45) is 0 Å². The van der Waals surface area contributed by atoms with Gasteiger partial charge in [0.05, 0.1) is 25.4 Å². The second-order valence-corrected chi connectivity index (χ2v) is 21.4. The summed E-state index contributed by atoms with van der Waals surface area (Å²) < 4.78 is 5.49. The van der Waals surface area contributed by atoms with E-state index in [1.54, 1.807) is 6.08 Å². The molecule has 69 heavy (non-hydrogen) atoms. The van der Waals surface area contributed by atoms with Crippen LogP contribution >= 0.6 is 0 Å². The molecule has 0 saturated carbocycles. The summed E-state index contributed by atoms with van der Waals surface area (Å²) in [6.45, 7) is 4.91. The number of rotatable bonds is 58. The molecule has 1 amide bonds. The van der Waals surface area contributed by atoms with Gasteiger partial charge in [-0.2, -0.15) is 0 Å². The van der Waals surface area contributed by atoms with Gasteiger partial charge in [0.15, 0.2) is 0 Å². The molecule has 0 aromatic heterocycles. The van der Waals surface area contributed by atoms with Crippen LogP contribution < -0.4 is 5.32 Å². The number of hydrogen-bond donors (Lipinski definition) is 3. The van der Waals surface area contributed by atoms with E-state index in [0.717, 1.165) is 57.8 Å². The summed E-state index contributed by atoms with van der Waals surface area (Å²) in [6.07, 6.45) is 72.1. The van der Waals surface area contributed by atoms with Crippen molar-refractivity contribution < 1.29 is 24.5 Å². The third-order valence-corrected chi connectivity index (χ3v) is 14.5. The minimum atomic E-state index is -0.852. The Balaban J connectivity index is 3.45. The van der Waals surface area contributed by atoms with Gasteiger partial charge in [-0.05, 0) is 57.8 Å². The monoisotopic (exact) mass is 972 g/mol. The first kappa shape index (κ1) is 67.3. The van der Waals surface area contributed by atoms with E-state index in [1.807, 2.05) is 6.08 Å². The fourth-order valence-corrected chi connectivity index (χ4v) is 9.69. The summed E-state index contributed by atoms with van der Waals surface area (Å²) >= 11 is 0. The zero-order valence-electron chi connectivity index (χ0n) is 46.6. The van der Waals surface area contributed by atoms with Gasteiger partial charge in [-0.3, -0.25) is 9.59 Å². The van der Waals surface area contributed by atoms with E-state index in [9.17, 15) is 19.8 Å². The summed E-state index contributed by atoms with van der Waals surface area (Å²) in [5.41, 5.74) is 0. The highest BCUT2D eigenvalue weighted by Crippen LogP contribution is 2.17. The van der Waals surface area contributed by atoms with Crippen molar-refractivity contribution in [3.05, 3.63) is 24.3 Å². The number of amides is 1. The lowest BCUT2D eigenvalue weighted by molar-refractivity contribution is -0.143. The van der Waals surface area contributed by atoms with Crippen LogP contribution in [0.2, 0.25) is 0 Å². The van der Waals surface area contributed by atoms with Gasteiger partial charge in [-0.25, -0.2) is 0 Å². The molecule has 0 aromatic rings. The highest BCUT2D eigenvalue weighted by atomic mass is 16.5. The summed E-state index contributed by atoms with van der Waals surface area (Å²) in [5.74, 6) is -0.0756. The molecule has 2 unspecified atom stereocenters. The van der Waals surface area contributed by atoms with Crippen molar-refractivity contribution in [1.29, 1.82) is 0 Å². The lowest BCUT2D eigenvalue weighted by Crippen LogP contribution is -2.45. The molecule has 0 aromatic carbocycles. The quantitative estimate of drug-likeness (QED) is 0.0321. The molecule has 0 aliphatic rings. The van der Waals surface area contributed by atoms with Crippen LogP contribution in [0.4, 0.5) is 0 Å². The third kappa shape index (κ3) is 55.5. The van der Waals surface area contributed by atoms with Gasteiger partial charge >= 0.3 is 5.97 Å². The van der Waals surface area contributed by atoms with E-state index >= 15 is 0 Å². The third-order valence-electron chi connectivity index (χ3n) is 14.5. The Hall–Kier alpha value is -1.66. The van der Waals surface area contributed by atoms with Gasteiger partial charge in [0.2, 0.25) is 5.91 Å². The first-order chi connectivity index (χ1) is 34.0. The molecule has 0 aliphatic carbocycles. The molecule has 6 heteroatoms. The molecule has 0 heterocycles. The van der Waals surface area contributed by atoms with Crippen LogP contribution in [0.15, 0.2) is 24.3 Å². The minimum absolute atomic E-state index is 0.00208. The molecule has 0 aliphatic heterocycles. The van der Waals surface area contributed by atoms with E-state index in [-0.39, 0.29) is 18.5 Å². The van der Waals surface area contributed by atoms with Crippen molar-refractivity contribution in [3.8, 4) is 0 Å². The molecule has 0 radical (unpaired) electrons. The van der Waals surface area contributed by atoms with E-state index in [4.69, 9.17) is 4.74 Å². The van der Waals surface area contributed by atoms with Gasteiger partial charge in [-0.15, -0.1) is 0 Å². The minimum Gasteiger partial charge on any atom is -0.466 e. The Bertz CT molecular complexity index is 1080. The standard InChI is InChI=1S/C63H121NO5/c1-3-5-7-9-11-13-15-17-19-21-25-29-33-37-41-45-49-53-57-63(68)69-58-54-50-46-42-38-34-30-26-22-24-28-32-36-40-44-48-52-56-62(67)64-60(59-65)61(66)55-51-47-43-39-35-31-27-23-20-18-16-14-12-10-8-6-4-2/h22,26,51,55,60-61,65-66H,3-21,23-25,27-50,52-54,56-59H2,1-2H3,(H,64,67)/b26-22-,55-51+. The highest BCUT2D eigenvalue weighted by molar-refractivity contribution is 5.76. The Kier molecular flexibility index (Phi) is 57.5. The van der Waals surface area contributed by atoms with Crippen LogP contribution in [0.1, 0.15) is 341 Å². The van der Waals surface area contributed by atoms with Crippen LogP contribution in [-0.4, -0.2) is 47.4 Å². The second-order valence-electron chi connectivity index (χ2n) is 21.4. The van der Waals surface area contributed by atoms with Crippen LogP contribution in [0, 0.1) is 0 Å². The van der Waals surface area contributed by atoms with Crippen LogP contribution in [-0.2, 0) is 14.3 Å². The first-order valence-electron chi connectivity index (χ1n) is 31.1. The number of nitrogens with one attached hydrogen (secondary N) is 1. The molecular weight excluding hydrogens is 851 g/mol. The summed E-state index contributed by atoms with van der Waals surface area (Å²) in [5, 5.41) is 23.1. The molecule has 0 bridgehead atoms. The van der Waals surface area contributed by atoms with E-state index < -0.39 is 12.1 Å². The number of esters is 1. The van der Waals surface area contributed by atoms with Crippen molar-refractivity contribution in [3.63, 3.8) is 0 Å². The fourth-order valence-electron chi connectivity index (χ4n) is 9.69. The van der Waals surface area contributed by atoms with Crippen molar-refractivity contribution >= 4 is 11.9 Å². The number of unbranched alkanes of at least 4 members (excludes halogenated alkanes) is 45. The van der Waals surface area contributed by atoms with Gasteiger partial charge in [0.1, 0.15) is 0 Å². The number of carbonyl (C=O) groups is 2. The Morgan fingerprint density at radius 1 is 0.391 bits per heavy atom. The zero-order valence-corrected chi connectivity index (χ0v) is 46.6. The summed E-state index contributed by atoms with van der Waals surface area (Å²) in [6, 6.07) is -0.637. The maximum atomic E-state index is 12.5. The normalized spacial score (nSPS) is 12.7. The fraction of sp³-hybridized carbons (Fsp3) is 0.905. The SMILES string of the molecule is CCCCCCCCCCCCCCCCC/C=C/C(O)C(CO)NC(=O)CCCCCCCCC/C=C\CCCCCCCCOC(=O)CCCCCCCCCCCCCCCCCCCC. The first-order valence-corrected chi connectivity index (χ1v) is 31.1. The predicted octanol–water partition coefficient (Wildman–Crippen LogP) is 19.4. The average Bonchev–Trinajstić information content (AvgIpc) is 3.35. The Labute approximate surface area is 431 Å². The smallest absolute Gasteiger partial charge is 0.305 e. The van der Waals surface area contributed by atoms with Crippen molar-refractivity contribution in [2.75, 3.05) is 13.2 Å². The molecular formula is C63H121NO5. The van der Waals surface area contributed by atoms with Crippen molar-refractivity contribution in [2.45, 2.75) is 353 Å². The average molecular weight is 973 g/mol. The van der Waals surface area contributed by atoms with E-state index in [0.29, 0.717) is 19.4 Å². The molecule has 6 nitrogen and oxygen atoms in total. The molecule has 0 fully saturated rings. The summed E-state index contributed by atoms with van der Waals surface area (Å²) in [4.78, 5) is 24.6. The molecule has 0 rings (SSSR count). The van der Waals surface area contributed by atoms with Gasteiger partial charge in [-0.1, -0.05) is 295 Å². The Morgan fingerprint density at radius 2 is 0.681 bits per heavy atom. The molecule has 408 valence electrons. The number of ether oxygens (including phenoxy) is 1. The van der Waals surface area contributed by atoms with Crippen LogP contribution in [0.3, 0.4) is 0 Å². The second kappa shape index (κ2) is 58.9. The maximum Gasteiger partial charge on any atom is 0.305 e. The van der Waals surface area contributed by atoms with Gasteiger partial charge < -0.3 is 20.3 Å². The Morgan fingerprint density at radius 3 is 1.03 bits per heavy atom. The van der Waals surface area contributed by atoms with Gasteiger partial charge in [0.25, 0.3) is 0 Å². The van der Waals surface area contributed by atoms with Crippen molar-refractivity contribution in [1.82, 2.24) is 5.32 Å². The largest absolute Gasteiger partial charge is 0.466 e.